The molecule has 0 unspecified atom stereocenters. The summed E-state index contributed by atoms with van der Waals surface area (Å²) in [5.74, 6) is -0.0304. The van der Waals surface area contributed by atoms with Crippen LogP contribution in [0.25, 0.3) is 11.0 Å². The van der Waals surface area contributed by atoms with Crippen LogP contribution in [0.4, 0.5) is 0 Å². The molecule has 0 saturated heterocycles. The molecule has 22 heavy (non-hydrogen) atoms. The number of aromatic nitrogens is 2. The third kappa shape index (κ3) is 2.96. The average molecular weight is 292 g/mol. The first-order valence-corrected chi connectivity index (χ1v) is 7.20. The van der Waals surface area contributed by atoms with Gasteiger partial charge in [0.2, 0.25) is 0 Å². The van der Waals surface area contributed by atoms with Crippen molar-refractivity contribution in [1.29, 1.82) is 0 Å². The molecular weight excluding hydrogens is 276 g/mol. The quantitative estimate of drug-likeness (QED) is 0.729. The third-order valence-corrected chi connectivity index (χ3v) is 3.66. The fraction of sp³-hybridized carbons (Fsp3) is 0.167. The molecule has 3 rings (SSSR count). The maximum absolute atomic E-state index is 12.2. The highest BCUT2D eigenvalue weighted by Gasteiger charge is 2.12. The van der Waals surface area contributed by atoms with Crippen molar-refractivity contribution in [2.75, 3.05) is 0 Å². The van der Waals surface area contributed by atoms with Crippen LogP contribution in [0, 0.1) is 6.92 Å². The van der Waals surface area contributed by atoms with Crippen molar-refractivity contribution in [3.63, 3.8) is 0 Å². The Morgan fingerprint density at radius 1 is 1.00 bits per heavy atom. The first kappa shape index (κ1) is 14.2. The fourth-order valence-electron chi connectivity index (χ4n) is 2.44. The Morgan fingerprint density at radius 2 is 1.73 bits per heavy atom. The van der Waals surface area contributed by atoms with E-state index in [4.69, 9.17) is 0 Å². The Hall–Kier alpha value is -2.75. The number of nitrogens with one attached hydrogen (secondary N) is 1. The zero-order valence-electron chi connectivity index (χ0n) is 12.3. The highest BCUT2D eigenvalue weighted by atomic mass is 16.1. The van der Waals surface area contributed by atoms with E-state index < -0.39 is 0 Å². The van der Waals surface area contributed by atoms with Gasteiger partial charge in [-0.25, -0.2) is 4.98 Å². The minimum Gasteiger partial charge on any atom is -0.345 e. The maximum atomic E-state index is 12.2. The van der Waals surface area contributed by atoms with Gasteiger partial charge in [-0.15, -0.1) is 0 Å². The average Bonchev–Trinajstić information content (AvgIpc) is 2.99. The number of hydrogen-bond acceptors (Lipinski definition) is 3. The van der Waals surface area contributed by atoms with Crippen molar-refractivity contribution in [2.45, 2.75) is 19.8 Å². The molecule has 110 valence electrons. The van der Waals surface area contributed by atoms with Crippen LogP contribution in [0.15, 0.2) is 48.8 Å². The first-order valence-electron chi connectivity index (χ1n) is 7.20. The van der Waals surface area contributed by atoms with Gasteiger partial charge in [-0.05, 0) is 31.2 Å². The van der Waals surface area contributed by atoms with Crippen molar-refractivity contribution in [3.8, 4) is 0 Å². The minimum atomic E-state index is -0.0301. The molecule has 3 aromatic rings. The lowest BCUT2D eigenvalue weighted by Crippen LogP contribution is -2.05. The molecule has 0 aliphatic heterocycles. The molecule has 0 spiro atoms. The van der Waals surface area contributed by atoms with Crippen LogP contribution in [0.5, 0.6) is 0 Å². The number of carbonyl (C=O) groups is 2. The van der Waals surface area contributed by atoms with Crippen LogP contribution in [0.1, 0.15) is 39.1 Å². The molecule has 0 bridgehead atoms. The van der Waals surface area contributed by atoms with Gasteiger partial charge in [-0.2, -0.15) is 0 Å². The molecule has 0 saturated carbocycles. The van der Waals surface area contributed by atoms with E-state index in [2.05, 4.69) is 9.97 Å². The lowest BCUT2D eigenvalue weighted by atomic mass is 10.0. The number of benzene rings is 2. The number of imidazole rings is 1. The number of carbonyl (C=O) groups excluding carboxylic acids is 2. The second kappa shape index (κ2) is 5.93. The molecule has 1 heterocycles. The van der Waals surface area contributed by atoms with Gasteiger partial charge >= 0.3 is 0 Å². The second-order valence-electron chi connectivity index (χ2n) is 5.35. The summed E-state index contributed by atoms with van der Waals surface area (Å²) in [6.45, 7) is 1.95. The molecule has 4 nitrogen and oxygen atoms in total. The minimum absolute atomic E-state index is 0.000307. The SMILES string of the molecule is Cc1cccc(C(=O)CCC(=O)c2ccc3nc[nH]c3c2)c1. The smallest absolute Gasteiger partial charge is 0.163 e. The number of ketones is 2. The summed E-state index contributed by atoms with van der Waals surface area (Å²) in [6.07, 6.45) is 2.04. The fourth-order valence-corrected chi connectivity index (χ4v) is 2.44. The number of aromatic amines is 1. The third-order valence-electron chi connectivity index (χ3n) is 3.66. The van der Waals surface area contributed by atoms with Crippen molar-refractivity contribution < 1.29 is 9.59 Å². The van der Waals surface area contributed by atoms with E-state index >= 15 is 0 Å². The lowest BCUT2D eigenvalue weighted by Gasteiger charge is -2.03. The molecule has 4 heteroatoms. The van der Waals surface area contributed by atoms with Gasteiger partial charge in [-0.1, -0.05) is 23.8 Å². The standard InChI is InChI=1S/C18H16N2O2/c1-12-3-2-4-13(9-12)17(21)7-8-18(22)14-5-6-15-16(10-14)20-11-19-15/h2-6,9-11H,7-8H2,1H3,(H,19,20). The number of rotatable bonds is 5. The molecule has 0 radical (unpaired) electrons. The number of aryl methyl sites for hydroxylation is 1. The predicted octanol–water partition coefficient (Wildman–Crippen LogP) is 3.72. The largest absolute Gasteiger partial charge is 0.345 e. The summed E-state index contributed by atoms with van der Waals surface area (Å²) in [4.78, 5) is 31.5. The summed E-state index contributed by atoms with van der Waals surface area (Å²) in [6, 6.07) is 12.8. The van der Waals surface area contributed by atoms with E-state index in [0.29, 0.717) is 11.1 Å². The Kier molecular flexibility index (Phi) is 3.83. The van der Waals surface area contributed by atoms with E-state index in [-0.39, 0.29) is 24.4 Å². The van der Waals surface area contributed by atoms with Gasteiger partial charge in [-0.3, -0.25) is 9.59 Å². The molecule has 0 aliphatic carbocycles. The summed E-state index contributed by atoms with van der Waals surface area (Å²) < 4.78 is 0. The Bertz CT molecular complexity index is 849. The highest BCUT2D eigenvalue weighted by Crippen LogP contribution is 2.15. The van der Waals surface area contributed by atoms with Crippen LogP contribution in [-0.2, 0) is 0 Å². The van der Waals surface area contributed by atoms with Crippen molar-refractivity contribution in [3.05, 3.63) is 65.5 Å². The van der Waals surface area contributed by atoms with Gasteiger partial charge in [0, 0.05) is 24.0 Å². The molecule has 0 atom stereocenters. The first-order chi connectivity index (χ1) is 10.6. The number of fused-ring (bicyclic) bond motifs is 1. The summed E-state index contributed by atoms with van der Waals surface area (Å²) >= 11 is 0. The molecule has 1 aromatic heterocycles. The van der Waals surface area contributed by atoms with Crippen LogP contribution in [0.3, 0.4) is 0 Å². The molecule has 2 aromatic carbocycles. The zero-order valence-corrected chi connectivity index (χ0v) is 12.3. The molecule has 1 N–H and O–H groups in total. The Balaban J connectivity index is 1.67. The molecule has 0 aliphatic rings. The summed E-state index contributed by atoms with van der Waals surface area (Å²) in [7, 11) is 0. The van der Waals surface area contributed by atoms with Gasteiger partial charge in [0.25, 0.3) is 0 Å². The number of H-pyrrole nitrogens is 1. The molecular formula is C18H16N2O2. The zero-order chi connectivity index (χ0) is 15.5. The topological polar surface area (TPSA) is 62.8 Å². The van der Waals surface area contributed by atoms with Gasteiger partial charge in [0.1, 0.15) is 0 Å². The van der Waals surface area contributed by atoms with Crippen LogP contribution >= 0.6 is 0 Å². The Morgan fingerprint density at radius 3 is 2.45 bits per heavy atom. The van der Waals surface area contributed by atoms with E-state index in [9.17, 15) is 9.59 Å². The van der Waals surface area contributed by atoms with E-state index in [0.717, 1.165) is 16.6 Å². The van der Waals surface area contributed by atoms with Crippen LogP contribution in [-0.4, -0.2) is 21.5 Å². The maximum Gasteiger partial charge on any atom is 0.163 e. The van der Waals surface area contributed by atoms with E-state index in [1.807, 2.05) is 25.1 Å². The molecule has 0 amide bonds. The van der Waals surface area contributed by atoms with Gasteiger partial charge < -0.3 is 4.98 Å². The number of hydrogen-bond donors (Lipinski definition) is 1. The van der Waals surface area contributed by atoms with Crippen LogP contribution < -0.4 is 0 Å². The highest BCUT2D eigenvalue weighted by molar-refractivity contribution is 6.03. The van der Waals surface area contributed by atoms with Crippen molar-refractivity contribution in [1.82, 2.24) is 9.97 Å². The second-order valence-corrected chi connectivity index (χ2v) is 5.35. The normalized spacial score (nSPS) is 10.8. The lowest BCUT2D eigenvalue weighted by molar-refractivity contribution is 0.0917. The monoisotopic (exact) mass is 292 g/mol. The summed E-state index contributed by atoms with van der Waals surface area (Å²) in [5.41, 5.74) is 3.97. The van der Waals surface area contributed by atoms with E-state index in [1.165, 1.54) is 0 Å². The van der Waals surface area contributed by atoms with Crippen molar-refractivity contribution in [2.24, 2.45) is 0 Å². The van der Waals surface area contributed by atoms with E-state index in [1.54, 1.807) is 30.6 Å². The number of Topliss-reactive ketones (excluding diaryl/α,β-unsaturated/α-hetero) is 2. The van der Waals surface area contributed by atoms with Gasteiger partial charge in [0.05, 0.1) is 17.4 Å². The Labute approximate surface area is 128 Å². The summed E-state index contributed by atoms with van der Waals surface area (Å²) in [5, 5.41) is 0. The predicted molar refractivity (Wildman–Crippen MR) is 85.2 cm³/mol. The van der Waals surface area contributed by atoms with Crippen LogP contribution in [0.2, 0.25) is 0 Å². The number of nitrogens with zero attached hydrogens (tertiary/aromatic N) is 1. The van der Waals surface area contributed by atoms with Crippen molar-refractivity contribution >= 4 is 22.6 Å². The van der Waals surface area contributed by atoms with Gasteiger partial charge in [0.15, 0.2) is 11.6 Å². The molecule has 0 fully saturated rings.